The second-order valence-corrected chi connectivity index (χ2v) is 5.80. The Kier molecular flexibility index (Phi) is 4.84. The number of carbonyl (C=O) groups excluding carboxylic acids is 2. The first-order valence-electron chi connectivity index (χ1n) is 7.00. The number of aliphatic hydroxyl groups excluding tert-OH is 1. The summed E-state index contributed by atoms with van der Waals surface area (Å²) in [5.74, 6) is -0.651. The summed E-state index contributed by atoms with van der Waals surface area (Å²) < 4.78 is 0. The van der Waals surface area contributed by atoms with Gasteiger partial charge in [0.05, 0.1) is 0 Å². The van der Waals surface area contributed by atoms with E-state index in [4.69, 9.17) is 0 Å². The second-order valence-electron chi connectivity index (χ2n) is 5.80. The summed E-state index contributed by atoms with van der Waals surface area (Å²) in [5, 5.41) is 10.5. The summed E-state index contributed by atoms with van der Waals surface area (Å²) in [7, 11) is 0. The number of aryl methyl sites for hydroxylation is 1. The van der Waals surface area contributed by atoms with E-state index < -0.39 is 0 Å². The van der Waals surface area contributed by atoms with Crippen LogP contribution in [-0.4, -0.2) is 16.7 Å². The summed E-state index contributed by atoms with van der Waals surface area (Å²) in [6.07, 6.45) is 2.20. The largest absolute Gasteiger partial charge is 0.509 e. The minimum absolute atomic E-state index is 0. The number of fused-ring (bicyclic) bond motifs is 2. The van der Waals surface area contributed by atoms with Crippen LogP contribution in [0.2, 0.25) is 0 Å². The predicted octanol–water partition coefficient (Wildman–Crippen LogP) is 2.94. The van der Waals surface area contributed by atoms with Gasteiger partial charge in [0.15, 0.2) is 11.6 Å². The molecule has 0 saturated heterocycles. The van der Waals surface area contributed by atoms with Crippen LogP contribution >= 0.6 is 0 Å². The minimum Gasteiger partial charge on any atom is -0.509 e. The molecule has 3 rings (SSSR count). The van der Waals surface area contributed by atoms with Gasteiger partial charge in [0.25, 0.3) is 0 Å². The van der Waals surface area contributed by atoms with Crippen molar-refractivity contribution < 1.29 is 47.4 Å². The molecular weight excluding hydrogens is 341 g/mol. The van der Waals surface area contributed by atoms with Gasteiger partial charge < -0.3 is 5.11 Å². The van der Waals surface area contributed by atoms with E-state index in [2.05, 4.69) is 6.07 Å². The van der Waals surface area contributed by atoms with E-state index in [0.717, 1.165) is 24.0 Å². The van der Waals surface area contributed by atoms with Crippen molar-refractivity contribution in [1.82, 2.24) is 0 Å². The van der Waals surface area contributed by atoms with Crippen LogP contribution in [0.15, 0.2) is 17.7 Å². The zero-order valence-electron chi connectivity index (χ0n) is 12.3. The molecule has 0 aliphatic heterocycles. The van der Waals surface area contributed by atoms with E-state index in [1.54, 1.807) is 12.1 Å². The van der Waals surface area contributed by atoms with Crippen molar-refractivity contribution in [3.63, 3.8) is 0 Å². The summed E-state index contributed by atoms with van der Waals surface area (Å²) in [6, 6.07) is 6.47. The number of hydrogen-bond donors (Lipinski definition) is 1. The van der Waals surface area contributed by atoms with Crippen LogP contribution in [0.3, 0.4) is 0 Å². The van der Waals surface area contributed by atoms with Gasteiger partial charge in [0.2, 0.25) is 0 Å². The van der Waals surface area contributed by atoms with Crippen molar-refractivity contribution in [3.05, 3.63) is 40.5 Å². The van der Waals surface area contributed by atoms with Gasteiger partial charge in [0, 0.05) is 44.5 Å². The number of allylic oxidation sites excluding steroid dienone is 1. The van der Waals surface area contributed by atoms with Gasteiger partial charge in [-0.2, -0.15) is 23.8 Å². The van der Waals surface area contributed by atoms with Crippen molar-refractivity contribution in [3.8, 4) is 0 Å². The second kappa shape index (κ2) is 6.14. The van der Waals surface area contributed by atoms with E-state index in [9.17, 15) is 14.7 Å². The first-order chi connectivity index (χ1) is 9.50. The molecule has 2 atom stereocenters. The fraction of sp³-hybridized carbons (Fsp3) is 0.412. The van der Waals surface area contributed by atoms with Crippen LogP contribution in [0, 0.1) is 31.7 Å². The van der Waals surface area contributed by atoms with Gasteiger partial charge in [-0.1, -0.05) is 19.4 Å². The molecule has 1 aromatic carbocycles. The Bertz CT molecular complexity index is 621. The average molecular weight is 358 g/mol. The summed E-state index contributed by atoms with van der Waals surface area (Å²) in [6.45, 7) is 3.76. The molecule has 2 bridgehead atoms. The van der Waals surface area contributed by atoms with Crippen LogP contribution in [0.5, 0.6) is 0 Å². The fourth-order valence-electron chi connectivity index (χ4n) is 3.30. The first kappa shape index (κ1) is 16.6. The van der Waals surface area contributed by atoms with Gasteiger partial charge in [-0.3, -0.25) is 9.59 Å². The number of aliphatic hydroxyl groups is 1. The Morgan fingerprint density at radius 2 is 1.76 bits per heavy atom. The Hall–Kier alpha value is -0.796. The third kappa shape index (κ3) is 2.66. The van der Waals surface area contributed by atoms with Crippen LogP contribution in [0.25, 0.3) is 5.76 Å². The first-order valence-corrected chi connectivity index (χ1v) is 7.00. The van der Waals surface area contributed by atoms with Gasteiger partial charge in [-0.25, -0.2) is 0 Å². The number of hydrogen-bond acceptors (Lipinski definition) is 3. The maximum atomic E-state index is 12.4. The summed E-state index contributed by atoms with van der Waals surface area (Å²) >= 11 is 0. The Morgan fingerprint density at radius 1 is 1.19 bits per heavy atom. The van der Waals surface area contributed by atoms with Gasteiger partial charge >= 0.3 is 0 Å². The van der Waals surface area contributed by atoms with Gasteiger partial charge in [-0.15, -0.1) is 5.56 Å². The SMILES string of the molecule is Cc1[c-]ccc(C(O)=C2C(=O)C3CCC(C3)C2=O)c1C.[Y]. The third-order valence-corrected chi connectivity index (χ3v) is 4.68. The monoisotopic (exact) mass is 358 g/mol. The number of rotatable bonds is 1. The molecule has 2 fully saturated rings. The van der Waals surface area contributed by atoms with E-state index >= 15 is 0 Å². The molecule has 1 radical (unpaired) electrons. The number of Topliss-reactive ketones (excluding diaryl/α,β-unsaturated/α-hetero) is 2. The molecule has 4 heteroatoms. The molecule has 21 heavy (non-hydrogen) atoms. The van der Waals surface area contributed by atoms with Crippen LogP contribution < -0.4 is 0 Å². The predicted molar refractivity (Wildman–Crippen MR) is 75.1 cm³/mol. The zero-order chi connectivity index (χ0) is 14.4. The van der Waals surface area contributed by atoms with Gasteiger partial charge in [0.1, 0.15) is 11.3 Å². The molecule has 1 aromatic rings. The number of benzene rings is 1. The Morgan fingerprint density at radius 3 is 2.33 bits per heavy atom. The van der Waals surface area contributed by atoms with Crippen molar-refractivity contribution in [2.75, 3.05) is 0 Å². The van der Waals surface area contributed by atoms with Crippen LogP contribution in [0.4, 0.5) is 0 Å². The molecule has 0 spiro atoms. The van der Waals surface area contributed by atoms with E-state index in [1.165, 1.54) is 0 Å². The maximum absolute atomic E-state index is 12.4. The third-order valence-electron chi connectivity index (χ3n) is 4.68. The molecule has 0 heterocycles. The molecule has 0 amide bonds. The Labute approximate surface area is 149 Å². The standard InChI is InChI=1S/C17H17O3.Y/c1-9-4-3-5-13(10(9)2)17(20)14-15(18)11-6-7-12(8-11)16(14)19;/h3,5,11-12,20H,6-8H2,1-2H3;/q-1;. The summed E-state index contributed by atoms with van der Waals surface area (Å²) in [4.78, 5) is 24.7. The molecule has 0 aromatic heterocycles. The van der Waals surface area contributed by atoms with Crippen molar-refractivity contribution in [2.45, 2.75) is 33.1 Å². The summed E-state index contributed by atoms with van der Waals surface area (Å²) in [5.41, 5.74) is 2.36. The van der Waals surface area contributed by atoms with E-state index in [-0.39, 0.29) is 67.4 Å². The average Bonchev–Trinajstić information content (AvgIpc) is 2.87. The van der Waals surface area contributed by atoms with E-state index in [0.29, 0.717) is 12.0 Å². The molecule has 2 unspecified atom stereocenters. The molecule has 2 saturated carbocycles. The number of carbonyl (C=O) groups is 2. The maximum Gasteiger partial charge on any atom is 0.173 e. The molecular formula is C17H17O3Y-. The quantitative estimate of drug-likeness (QED) is 0.364. The number of ketones is 2. The Balaban J connectivity index is 0.00000161. The van der Waals surface area contributed by atoms with Gasteiger partial charge in [-0.05, 0) is 19.3 Å². The van der Waals surface area contributed by atoms with Crippen LogP contribution in [0.1, 0.15) is 36.0 Å². The smallest absolute Gasteiger partial charge is 0.173 e. The normalized spacial score (nSPS) is 24.0. The topological polar surface area (TPSA) is 54.4 Å². The molecule has 2 aliphatic rings. The van der Waals surface area contributed by atoms with E-state index in [1.807, 2.05) is 13.8 Å². The van der Waals surface area contributed by atoms with Crippen molar-refractivity contribution in [1.29, 1.82) is 0 Å². The molecule has 3 nitrogen and oxygen atoms in total. The van der Waals surface area contributed by atoms with Crippen molar-refractivity contribution in [2.24, 2.45) is 11.8 Å². The minimum atomic E-state index is -0.175. The zero-order valence-corrected chi connectivity index (χ0v) is 15.1. The van der Waals surface area contributed by atoms with Crippen molar-refractivity contribution >= 4 is 17.3 Å². The molecule has 107 valence electrons. The molecule has 2 aliphatic carbocycles. The molecule has 1 N–H and O–H groups in total. The van der Waals surface area contributed by atoms with Crippen LogP contribution in [-0.2, 0) is 42.3 Å². The fourth-order valence-corrected chi connectivity index (χ4v) is 3.30.